The van der Waals surface area contributed by atoms with Crippen LogP contribution in [0.25, 0.3) is 0 Å². The molecule has 6 nitrogen and oxygen atoms in total. The third kappa shape index (κ3) is 2.01. The number of amides is 2. The lowest BCUT2D eigenvalue weighted by Gasteiger charge is -2.15. The lowest BCUT2D eigenvalue weighted by Crippen LogP contribution is -2.29. The number of hydrogen-bond donors (Lipinski definition) is 2. The number of nitrogens with zero attached hydrogens (tertiary/aromatic N) is 1. The van der Waals surface area contributed by atoms with Gasteiger partial charge in [-0.3, -0.25) is 9.59 Å². The van der Waals surface area contributed by atoms with Gasteiger partial charge in [0.05, 0.1) is 22.4 Å². The van der Waals surface area contributed by atoms with Crippen molar-refractivity contribution in [3.8, 4) is 5.75 Å². The Balaban J connectivity index is 2.14. The molecule has 0 atom stereocenters. The van der Waals surface area contributed by atoms with Crippen LogP contribution in [0.4, 0.5) is 5.69 Å². The molecule has 2 aromatic rings. The SMILES string of the molecule is O=C(O)c1ccc2c(c1)C(=O)N(c1cc(Cl)ccc1O)C2=O. The third-order valence-electron chi connectivity index (χ3n) is 3.31. The van der Waals surface area contributed by atoms with Crippen molar-refractivity contribution in [2.24, 2.45) is 0 Å². The molecule has 2 aromatic carbocycles. The second kappa shape index (κ2) is 4.85. The first kappa shape index (κ1) is 14.1. The van der Waals surface area contributed by atoms with E-state index < -0.39 is 17.8 Å². The Morgan fingerprint density at radius 2 is 1.68 bits per heavy atom. The monoisotopic (exact) mass is 317 g/mol. The maximum atomic E-state index is 12.4. The molecule has 0 aliphatic carbocycles. The molecule has 2 N–H and O–H groups in total. The van der Waals surface area contributed by atoms with Crippen molar-refractivity contribution >= 4 is 35.1 Å². The van der Waals surface area contributed by atoms with Crippen molar-refractivity contribution in [3.05, 3.63) is 58.1 Å². The van der Waals surface area contributed by atoms with Gasteiger partial charge in [-0.05, 0) is 36.4 Å². The zero-order chi connectivity index (χ0) is 16.0. The number of fused-ring (bicyclic) bond motifs is 1. The van der Waals surface area contributed by atoms with Gasteiger partial charge in [-0.2, -0.15) is 0 Å². The van der Waals surface area contributed by atoms with E-state index in [-0.39, 0.29) is 33.1 Å². The van der Waals surface area contributed by atoms with E-state index in [0.717, 1.165) is 11.0 Å². The Kier molecular flexibility index (Phi) is 3.11. The summed E-state index contributed by atoms with van der Waals surface area (Å²) in [6, 6.07) is 7.63. The van der Waals surface area contributed by atoms with E-state index in [1.54, 1.807) is 0 Å². The molecule has 110 valence electrons. The van der Waals surface area contributed by atoms with Crippen LogP contribution in [-0.4, -0.2) is 28.0 Å². The Morgan fingerprint density at radius 1 is 1.00 bits per heavy atom. The van der Waals surface area contributed by atoms with E-state index in [4.69, 9.17) is 16.7 Å². The highest BCUT2D eigenvalue weighted by atomic mass is 35.5. The fourth-order valence-electron chi connectivity index (χ4n) is 2.27. The molecule has 1 aliphatic rings. The normalized spacial score (nSPS) is 13.4. The molecule has 7 heteroatoms. The van der Waals surface area contributed by atoms with Crippen LogP contribution in [0, 0.1) is 0 Å². The van der Waals surface area contributed by atoms with Crippen LogP contribution >= 0.6 is 11.6 Å². The zero-order valence-electron chi connectivity index (χ0n) is 10.9. The number of carbonyl (C=O) groups excluding carboxylic acids is 2. The van der Waals surface area contributed by atoms with E-state index in [9.17, 15) is 19.5 Å². The highest BCUT2D eigenvalue weighted by molar-refractivity contribution is 6.36. The molecular formula is C15H8ClNO5. The number of rotatable bonds is 2. The van der Waals surface area contributed by atoms with E-state index in [1.807, 2.05) is 0 Å². The molecule has 0 aromatic heterocycles. The van der Waals surface area contributed by atoms with E-state index in [0.29, 0.717) is 0 Å². The summed E-state index contributed by atoms with van der Waals surface area (Å²) < 4.78 is 0. The highest BCUT2D eigenvalue weighted by Crippen LogP contribution is 2.36. The van der Waals surface area contributed by atoms with Gasteiger partial charge in [-0.15, -0.1) is 0 Å². The maximum Gasteiger partial charge on any atom is 0.335 e. The number of imide groups is 1. The maximum absolute atomic E-state index is 12.4. The van der Waals surface area contributed by atoms with E-state index in [2.05, 4.69) is 0 Å². The minimum atomic E-state index is -1.20. The Morgan fingerprint density at radius 3 is 2.36 bits per heavy atom. The molecule has 0 radical (unpaired) electrons. The number of carboxylic acid groups (broad SMARTS) is 1. The minimum absolute atomic E-state index is 0.0238. The van der Waals surface area contributed by atoms with Crippen molar-refractivity contribution in [1.82, 2.24) is 0 Å². The number of phenols is 1. The number of hydrogen-bond acceptors (Lipinski definition) is 4. The van der Waals surface area contributed by atoms with Crippen LogP contribution in [0.15, 0.2) is 36.4 Å². The number of aromatic carboxylic acids is 1. The first-order chi connectivity index (χ1) is 10.4. The number of phenolic OH excluding ortho intramolecular Hbond substituents is 1. The van der Waals surface area contributed by atoms with Crippen molar-refractivity contribution in [3.63, 3.8) is 0 Å². The average molecular weight is 318 g/mol. The lowest BCUT2D eigenvalue weighted by atomic mass is 10.1. The van der Waals surface area contributed by atoms with Crippen LogP contribution in [-0.2, 0) is 0 Å². The van der Waals surface area contributed by atoms with Crippen LogP contribution in [0.5, 0.6) is 5.75 Å². The molecule has 0 saturated carbocycles. The van der Waals surface area contributed by atoms with Crippen LogP contribution in [0.3, 0.4) is 0 Å². The summed E-state index contributed by atoms with van der Waals surface area (Å²) in [5.41, 5.74) is -0.0914. The molecule has 2 amide bonds. The summed E-state index contributed by atoms with van der Waals surface area (Å²) in [7, 11) is 0. The zero-order valence-corrected chi connectivity index (χ0v) is 11.7. The second-order valence-corrected chi connectivity index (χ2v) is 5.08. The molecule has 0 saturated heterocycles. The molecule has 0 bridgehead atoms. The summed E-state index contributed by atoms with van der Waals surface area (Å²) in [6.07, 6.45) is 0. The van der Waals surface area contributed by atoms with E-state index >= 15 is 0 Å². The van der Waals surface area contributed by atoms with Gasteiger partial charge >= 0.3 is 5.97 Å². The van der Waals surface area contributed by atoms with Gasteiger partial charge in [0, 0.05) is 5.02 Å². The summed E-state index contributed by atoms with van der Waals surface area (Å²) in [5, 5.41) is 19.1. The predicted molar refractivity (Wildman–Crippen MR) is 77.7 cm³/mol. The highest BCUT2D eigenvalue weighted by Gasteiger charge is 2.38. The Labute approximate surface area is 129 Å². The van der Waals surface area contributed by atoms with Crippen molar-refractivity contribution < 1.29 is 24.6 Å². The first-order valence-electron chi connectivity index (χ1n) is 6.15. The summed E-state index contributed by atoms with van der Waals surface area (Å²) in [6.45, 7) is 0. The third-order valence-corrected chi connectivity index (χ3v) is 3.55. The van der Waals surface area contributed by atoms with Gasteiger partial charge in [-0.1, -0.05) is 11.6 Å². The minimum Gasteiger partial charge on any atom is -0.506 e. The molecule has 1 heterocycles. The van der Waals surface area contributed by atoms with Gasteiger partial charge in [0.1, 0.15) is 5.75 Å². The second-order valence-electron chi connectivity index (χ2n) is 4.64. The molecule has 3 rings (SSSR count). The van der Waals surface area contributed by atoms with Crippen LogP contribution in [0.1, 0.15) is 31.1 Å². The first-order valence-corrected chi connectivity index (χ1v) is 6.52. The van der Waals surface area contributed by atoms with Gasteiger partial charge in [0.25, 0.3) is 11.8 Å². The molecular weight excluding hydrogens is 310 g/mol. The van der Waals surface area contributed by atoms with Crippen LogP contribution in [0.2, 0.25) is 5.02 Å². The van der Waals surface area contributed by atoms with Gasteiger partial charge in [0.2, 0.25) is 0 Å². The number of carbonyl (C=O) groups is 3. The number of aromatic hydroxyl groups is 1. The molecule has 0 unspecified atom stereocenters. The standard InChI is InChI=1S/C15H8ClNO5/c16-8-2-4-12(18)11(6-8)17-13(19)9-3-1-7(15(21)22)5-10(9)14(17)20/h1-6,18H,(H,21,22). The molecule has 22 heavy (non-hydrogen) atoms. The predicted octanol–water partition coefficient (Wildman–Crippen LogP) is 2.54. The Hall–Kier alpha value is -2.86. The molecule has 1 aliphatic heterocycles. The van der Waals surface area contributed by atoms with Gasteiger partial charge in [0.15, 0.2) is 0 Å². The van der Waals surface area contributed by atoms with Gasteiger partial charge in [-0.25, -0.2) is 9.69 Å². The number of carboxylic acids is 1. The lowest BCUT2D eigenvalue weighted by molar-refractivity contribution is 0.0696. The van der Waals surface area contributed by atoms with Crippen molar-refractivity contribution in [1.29, 1.82) is 0 Å². The number of benzene rings is 2. The number of anilines is 1. The fourth-order valence-corrected chi connectivity index (χ4v) is 2.43. The summed E-state index contributed by atoms with van der Waals surface area (Å²) in [4.78, 5) is 36.5. The molecule has 0 fully saturated rings. The fraction of sp³-hybridized carbons (Fsp3) is 0. The topological polar surface area (TPSA) is 94.9 Å². The smallest absolute Gasteiger partial charge is 0.335 e. The van der Waals surface area contributed by atoms with Crippen molar-refractivity contribution in [2.45, 2.75) is 0 Å². The van der Waals surface area contributed by atoms with Crippen molar-refractivity contribution in [2.75, 3.05) is 4.90 Å². The largest absolute Gasteiger partial charge is 0.506 e. The van der Waals surface area contributed by atoms with E-state index in [1.165, 1.54) is 30.3 Å². The average Bonchev–Trinajstić information content (AvgIpc) is 2.73. The molecule has 0 spiro atoms. The quantitative estimate of drug-likeness (QED) is 0.830. The van der Waals surface area contributed by atoms with Gasteiger partial charge < -0.3 is 10.2 Å². The Bertz CT molecular complexity index is 846. The van der Waals surface area contributed by atoms with Crippen LogP contribution < -0.4 is 4.90 Å². The summed E-state index contributed by atoms with van der Waals surface area (Å²) >= 11 is 5.83. The number of halogens is 1. The summed E-state index contributed by atoms with van der Waals surface area (Å²) in [5.74, 6) is -2.83.